The summed E-state index contributed by atoms with van der Waals surface area (Å²) in [6.07, 6.45) is 7.09. The molecule has 1 aromatic heterocycles. The topological polar surface area (TPSA) is 42.2 Å². The fourth-order valence-electron chi connectivity index (χ4n) is 2.74. The molecular formula is C14H23N3. The summed E-state index contributed by atoms with van der Waals surface area (Å²) in [5.74, 6) is 0.629. The number of pyridine rings is 1. The number of unbranched alkanes of at least 4 members (excludes halogenated alkanes) is 1. The molecule has 0 spiro atoms. The average molecular weight is 233 g/mol. The summed E-state index contributed by atoms with van der Waals surface area (Å²) in [5.41, 5.74) is 8.37. The molecule has 0 saturated carbocycles. The van der Waals surface area contributed by atoms with Gasteiger partial charge < -0.3 is 5.73 Å². The van der Waals surface area contributed by atoms with Gasteiger partial charge in [-0.05, 0) is 56.5 Å². The first-order valence-electron chi connectivity index (χ1n) is 6.68. The summed E-state index contributed by atoms with van der Waals surface area (Å²) in [4.78, 5) is 6.85. The first-order chi connectivity index (χ1) is 8.22. The monoisotopic (exact) mass is 233 g/mol. The molecule has 2 N–H and O–H groups in total. The number of rotatable bonds is 4. The Morgan fingerprint density at radius 3 is 3.06 bits per heavy atom. The summed E-state index contributed by atoms with van der Waals surface area (Å²) < 4.78 is 0. The van der Waals surface area contributed by atoms with Crippen LogP contribution in [-0.4, -0.2) is 23.0 Å². The molecule has 1 atom stereocenters. The predicted octanol–water partition coefficient (Wildman–Crippen LogP) is 2.91. The third kappa shape index (κ3) is 2.78. The van der Waals surface area contributed by atoms with Crippen LogP contribution < -0.4 is 5.73 Å². The van der Waals surface area contributed by atoms with E-state index in [1.165, 1.54) is 49.9 Å². The average Bonchev–Trinajstić information content (AvgIpc) is 2.74. The van der Waals surface area contributed by atoms with Crippen LogP contribution in [0.2, 0.25) is 0 Å². The van der Waals surface area contributed by atoms with Crippen molar-refractivity contribution in [1.29, 1.82) is 0 Å². The molecule has 2 rings (SSSR count). The third-order valence-electron chi connectivity index (χ3n) is 3.69. The van der Waals surface area contributed by atoms with Crippen LogP contribution in [-0.2, 0) is 0 Å². The van der Waals surface area contributed by atoms with Gasteiger partial charge in [-0.15, -0.1) is 0 Å². The molecule has 3 heteroatoms. The minimum Gasteiger partial charge on any atom is -0.384 e. The van der Waals surface area contributed by atoms with Gasteiger partial charge in [0, 0.05) is 12.2 Å². The van der Waals surface area contributed by atoms with Crippen LogP contribution in [0.1, 0.15) is 49.8 Å². The highest BCUT2D eigenvalue weighted by Gasteiger charge is 2.26. The number of nitrogen functional groups attached to an aromatic ring is 1. The van der Waals surface area contributed by atoms with Gasteiger partial charge in [0.05, 0.1) is 0 Å². The number of likely N-dealkylation sites (tertiary alicyclic amines) is 1. The zero-order chi connectivity index (χ0) is 12.3. The normalized spacial score (nSPS) is 20.9. The van der Waals surface area contributed by atoms with Crippen LogP contribution in [0.5, 0.6) is 0 Å². The maximum Gasteiger partial charge on any atom is 0.123 e. The Morgan fingerprint density at radius 1 is 1.53 bits per heavy atom. The highest BCUT2D eigenvalue weighted by molar-refractivity contribution is 5.37. The van der Waals surface area contributed by atoms with Crippen molar-refractivity contribution in [2.75, 3.05) is 18.8 Å². The van der Waals surface area contributed by atoms with E-state index < -0.39 is 0 Å². The Kier molecular flexibility index (Phi) is 4.00. The van der Waals surface area contributed by atoms with E-state index in [-0.39, 0.29) is 0 Å². The van der Waals surface area contributed by atoms with Crippen molar-refractivity contribution in [1.82, 2.24) is 9.88 Å². The minimum atomic E-state index is 0.564. The fourth-order valence-corrected chi connectivity index (χ4v) is 2.74. The highest BCUT2D eigenvalue weighted by atomic mass is 15.2. The van der Waals surface area contributed by atoms with Crippen LogP contribution in [0, 0.1) is 6.92 Å². The van der Waals surface area contributed by atoms with Gasteiger partial charge >= 0.3 is 0 Å². The number of nitrogens with zero attached hydrogens (tertiary/aromatic N) is 2. The number of nitrogens with two attached hydrogens (primary N) is 1. The first kappa shape index (κ1) is 12.4. The molecule has 1 fully saturated rings. The quantitative estimate of drug-likeness (QED) is 0.869. The van der Waals surface area contributed by atoms with Crippen LogP contribution >= 0.6 is 0 Å². The van der Waals surface area contributed by atoms with Gasteiger partial charge in [0.2, 0.25) is 0 Å². The second kappa shape index (κ2) is 5.50. The van der Waals surface area contributed by atoms with Crippen LogP contribution in [0.25, 0.3) is 0 Å². The SMILES string of the molecule is CCCCN1CCCC1c1cnc(N)cc1C. The van der Waals surface area contributed by atoms with E-state index in [0.717, 1.165) is 0 Å². The number of anilines is 1. The lowest BCUT2D eigenvalue weighted by Crippen LogP contribution is -2.25. The molecule has 2 heterocycles. The van der Waals surface area contributed by atoms with Crippen molar-refractivity contribution in [3.63, 3.8) is 0 Å². The van der Waals surface area contributed by atoms with E-state index in [4.69, 9.17) is 5.73 Å². The third-order valence-corrected chi connectivity index (χ3v) is 3.69. The lowest BCUT2D eigenvalue weighted by Gasteiger charge is -2.25. The zero-order valence-electron chi connectivity index (χ0n) is 10.9. The number of aryl methyl sites for hydroxylation is 1. The van der Waals surface area contributed by atoms with E-state index in [1.807, 2.05) is 12.3 Å². The predicted molar refractivity (Wildman–Crippen MR) is 71.8 cm³/mol. The van der Waals surface area contributed by atoms with E-state index in [1.54, 1.807) is 0 Å². The number of hydrogen-bond acceptors (Lipinski definition) is 3. The molecule has 1 aliphatic rings. The Balaban J connectivity index is 2.14. The van der Waals surface area contributed by atoms with E-state index in [9.17, 15) is 0 Å². The fraction of sp³-hybridized carbons (Fsp3) is 0.643. The van der Waals surface area contributed by atoms with Crippen LogP contribution in [0.3, 0.4) is 0 Å². The van der Waals surface area contributed by atoms with Crippen molar-refractivity contribution >= 4 is 5.82 Å². The molecule has 0 bridgehead atoms. The summed E-state index contributed by atoms with van der Waals surface area (Å²) in [5, 5.41) is 0. The molecule has 1 aliphatic heterocycles. The lowest BCUT2D eigenvalue weighted by atomic mass is 10.0. The van der Waals surface area contributed by atoms with E-state index >= 15 is 0 Å². The molecule has 94 valence electrons. The molecule has 1 unspecified atom stereocenters. The molecule has 0 aromatic carbocycles. The van der Waals surface area contributed by atoms with Gasteiger partial charge in [-0.1, -0.05) is 13.3 Å². The molecule has 0 amide bonds. The van der Waals surface area contributed by atoms with Gasteiger partial charge in [-0.3, -0.25) is 4.90 Å². The van der Waals surface area contributed by atoms with E-state index in [0.29, 0.717) is 11.9 Å². The molecular weight excluding hydrogens is 210 g/mol. The van der Waals surface area contributed by atoms with Gasteiger partial charge in [0.25, 0.3) is 0 Å². The number of aromatic nitrogens is 1. The molecule has 0 aliphatic carbocycles. The Morgan fingerprint density at radius 2 is 2.35 bits per heavy atom. The summed E-state index contributed by atoms with van der Waals surface area (Å²) >= 11 is 0. The lowest BCUT2D eigenvalue weighted by molar-refractivity contribution is 0.252. The number of hydrogen-bond donors (Lipinski definition) is 1. The highest BCUT2D eigenvalue weighted by Crippen LogP contribution is 2.33. The second-order valence-electron chi connectivity index (χ2n) is 5.01. The first-order valence-corrected chi connectivity index (χ1v) is 6.68. The maximum atomic E-state index is 5.72. The molecule has 3 nitrogen and oxygen atoms in total. The second-order valence-corrected chi connectivity index (χ2v) is 5.01. The largest absolute Gasteiger partial charge is 0.384 e. The molecule has 1 aromatic rings. The Labute approximate surface area is 104 Å². The summed E-state index contributed by atoms with van der Waals surface area (Å²) in [6.45, 7) is 6.84. The van der Waals surface area contributed by atoms with Crippen molar-refractivity contribution in [3.8, 4) is 0 Å². The Bertz CT molecular complexity index is 376. The van der Waals surface area contributed by atoms with Crippen LogP contribution in [0.4, 0.5) is 5.82 Å². The summed E-state index contributed by atoms with van der Waals surface area (Å²) in [7, 11) is 0. The van der Waals surface area contributed by atoms with Crippen molar-refractivity contribution in [2.24, 2.45) is 0 Å². The van der Waals surface area contributed by atoms with Crippen molar-refractivity contribution in [3.05, 3.63) is 23.4 Å². The van der Waals surface area contributed by atoms with Gasteiger partial charge in [-0.25, -0.2) is 4.98 Å². The standard InChI is InChI=1S/C14H23N3/c1-3-4-7-17-8-5-6-13(17)12-10-16-14(15)9-11(12)2/h9-10,13H,3-8H2,1-2H3,(H2,15,16). The van der Waals surface area contributed by atoms with Gasteiger partial charge in [0.15, 0.2) is 0 Å². The molecule has 17 heavy (non-hydrogen) atoms. The van der Waals surface area contributed by atoms with Gasteiger partial charge in [0.1, 0.15) is 5.82 Å². The van der Waals surface area contributed by atoms with Crippen molar-refractivity contribution in [2.45, 2.75) is 45.6 Å². The molecule has 1 saturated heterocycles. The zero-order valence-corrected chi connectivity index (χ0v) is 10.9. The molecule has 0 radical (unpaired) electrons. The van der Waals surface area contributed by atoms with E-state index in [2.05, 4.69) is 23.7 Å². The van der Waals surface area contributed by atoms with Crippen LogP contribution in [0.15, 0.2) is 12.3 Å². The smallest absolute Gasteiger partial charge is 0.123 e. The minimum absolute atomic E-state index is 0.564. The van der Waals surface area contributed by atoms with Gasteiger partial charge in [-0.2, -0.15) is 0 Å². The summed E-state index contributed by atoms with van der Waals surface area (Å²) in [6, 6.07) is 2.56. The van der Waals surface area contributed by atoms with Crippen molar-refractivity contribution < 1.29 is 0 Å². The maximum absolute atomic E-state index is 5.72. The Hall–Kier alpha value is -1.09.